The summed E-state index contributed by atoms with van der Waals surface area (Å²) in [6.07, 6.45) is 28.7. The molecular weight excluding hydrogens is 729 g/mol. The van der Waals surface area contributed by atoms with Crippen LogP contribution < -0.4 is 0 Å². The van der Waals surface area contributed by atoms with E-state index < -0.39 is 20.2 Å². The minimum absolute atomic E-state index is 0. The molecule has 0 atom stereocenters. The van der Waals surface area contributed by atoms with Crippen LogP contribution in [0.15, 0.2) is 82.6 Å². The second-order valence-electron chi connectivity index (χ2n) is 14.5. The Bertz CT molecular complexity index is 1700. The Labute approximate surface area is 351 Å². The number of hydrogen-bond acceptors (Lipinski definition) is 6. The summed E-state index contributed by atoms with van der Waals surface area (Å²) in [5, 5.41) is 3.58. The van der Waals surface area contributed by atoms with Crippen LogP contribution in [0.2, 0.25) is 0 Å². The van der Waals surface area contributed by atoms with Gasteiger partial charge in [-0.1, -0.05) is 178 Å². The molecule has 0 unspecified atom stereocenters. The molecule has 4 aromatic rings. The molecule has 9 heteroatoms. The summed E-state index contributed by atoms with van der Waals surface area (Å²) in [4.78, 5) is -0.320. The van der Waals surface area contributed by atoms with Crippen molar-refractivity contribution in [1.29, 1.82) is 0 Å². The first-order valence-corrected chi connectivity index (χ1v) is 22.8. The molecule has 0 radical (unpaired) electrons. The van der Waals surface area contributed by atoms with Gasteiger partial charge >= 0.3 is 37.7 Å². The van der Waals surface area contributed by atoms with E-state index in [-0.39, 0.29) is 47.5 Å². The number of benzene rings is 4. The largest absolute Gasteiger partial charge is 2.00 e. The van der Waals surface area contributed by atoms with Crippen molar-refractivity contribution in [1.82, 2.24) is 0 Å². The monoisotopic (exact) mass is 790 g/mol. The van der Waals surface area contributed by atoms with E-state index in [2.05, 4.69) is 26.0 Å². The van der Waals surface area contributed by atoms with E-state index in [1.54, 1.807) is 12.1 Å². The zero-order chi connectivity index (χ0) is 37.7. The van der Waals surface area contributed by atoms with Gasteiger partial charge in [0.1, 0.15) is 20.2 Å². The predicted molar refractivity (Wildman–Crippen MR) is 221 cm³/mol. The van der Waals surface area contributed by atoms with Gasteiger partial charge in [0.2, 0.25) is 0 Å². The average molecular weight is 791 g/mol. The molecule has 4 rings (SSSR count). The van der Waals surface area contributed by atoms with E-state index in [4.69, 9.17) is 0 Å². The summed E-state index contributed by atoms with van der Waals surface area (Å²) in [6.45, 7) is 4.51. The fraction of sp³-hybridized carbons (Fsp3) is 0.545. The van der Waals surface area contributed by atoms with Gasteiger partial charge in [-0.25, -0.2) is 16.8 Å². The van der Waals surface area contributed by atoms with E-state index >= 15 is 0 Å². The Morgan fingerprint density at radius 3 is 0.943 bits per heavy atom. The Hall–Kier alpha value is -1.52. The molecule has 6 nitrogen and oxygen atoms in total. The van der Waals surface area contributed by atoms with Crippen molar-refractivity contribution < 1.29 is 25.9 Å². The summed E-state index contributed by atoms with van der Waals surface area (Å²) in [5.74, 6) is 0. The molecule has 0 amide bonds. The summed E-state index contributed by atoms with van der Waals surface area (Å²) in [5.41, 5.74) is 2.55. The minimum Gasteiger partial charge on any atom is -0.744 e. The standard InChI is InChI=1S/2C22H32O3S.Ca/c2*1-2-3-4-5-6-7-8-9-10-11-12-19-13-14-21-18-22(26(23,24)25)16-15-20(21)17-19;/h2*13-18H,2-12H2,1H3,(H,23,24,25);/q;;+2/p-2. The third-order valence-electron chi connectivity index (χ3n) is 9.97. The first kappa shape index (κ1) is 47.6. The quantitative estimate of drug-likeness (QED) is 0.0396. The molecule has 0 aliphatic heterocycles. The summed E-state index contributed by atoms with van der Waals surface area (Å²) < 4.78 is 66.6. The van der Waals surface area contributed by atoms with E-state index in [0.29, 0.717) is 0 Å². The van der Waals surface area contributed by atoms with Crippen molar-refractivity contribution in [2.45, 2.75) is 165 Å². The van der Waals surface area contributed by atoms with Crippen LogP contribution in [0.3, 0.4) is 0 Å². The molecule has 0 fully saturated rings. The van der Waals surface area contributed by atoms with Gasteiger partial charge in [0.15, 0.2) is 0 Å². The zero-order valence-electron chi connectivity index (χ0n) is 32.5. The van der Waals surface area contributed by atoms with Crippen molar-refractivity contribution in [2.75, 3.05) is 0 Å². The number of unbranched alkanes of at least 4 members (excludes halogenated alkanes) is 18. The minimum atomic E-state index is -4.39. The topological polar surface area (TPSA) is 114 Å². The van der Waals surface area contributed by atoms with Gasteiger partial charge in [0.25, 0.3) is 0 Å². The van der Waals surface area contributed by atoms with E-state index in [1.165, 1.54) is 164 Å². The van der Waals surface area contributed by atoms with Crippen LogP contribution in [0.4, 0.5) is 0 Å². The Kier molecular flexibility index (Phi) is 23.7. The maximum Gasteiger partial charge on any atom is 2.00 e. The van der Waals surface area contributed by atoms with Crippen LogP contribution in [0.1, 0.15) is 153 Å². The smallest absolute Gasteiger partial charge is 0.744 e. The molecule has 288 valence electrons. The van der Waals surface area contributed by atoms with Gasteiger partial charge in [0.05, 0.1) is 9.79 Å². The van der Waals surface area contributed by atoms with Gasteiger partial charge < -0.3 is 9.11 Å². The average Bonchev–Trinajstić information content (AvgIpc) is 3.12. The van der Waals surface area contributed by atoms with Crippen LogP contribution in [0.5, 0.6) is 0 Å². The molecule has 4 aromatic carbocycles. The van der Waals surface area contributed by atoms with Gasteiger partial charge in [-0.05, 0) is 82.6 Å². The fourth-order valence-electron chi connectivity index (χ4n) is 6.80. The van der Waals surface area contributed by atoms with Gasteiger partial charge in [-0.15, -0.1) is 0 Å². The third kappa shape index (κ3) is 19.3. The van der Waals surface area contributed by atoms with E-state index in [0.717, 1.165) is 34.4 Å². The van der Waals surface area contributed by atoms with Gasteiger partial charge in [0, 0.05) is 0 Å². The van der Waals surface area contributed by atoms with Crippen LogP contribution in [-0.4, -0.2) is 63.7 Å². The Morgan fingerprint density at radius 1 is 0.377 bits per heavy atom. The zero-order valence-corrected chi connectivity index (χ0v) is 36.3. The predicted octanol–water partition coefficient (Wildman–Crippen LogP) is 12.0. The Balaban J connectivity index is 0.000000360. The van der Waals surface area contributed by atoms with Crippen LogP contribution in [0.25, 0.3) is 21.5 Å². The number of aryl methyl sites for hydroxylation is 2. The molecule has 53 heavy (non-hydrogen) atoms. The van der Waals surface area contributed by atoms with E-state index in [1.807, 2.05) is 24.3 Å². The van der Waals surface area contributed by atoms with Crippen molar-refractivity contribution in [3.63, 3.8) is 0 Å². The first-order chi connectivity index (χ1) is 25.0. The molecule has 0 N–H and O–H groups in total. The first-order valence-electron chi connectivity index (χ1n) is 20.0. The Morgan fingerprint density at radius 2 is 0.642 bits per heavy atom. The maximum atomic E-state index is 11.1. The molecule has 0 heterocycles. The van der Waals surface area contributed by atoms with Crippen molar-refractivity contribution >= 4 is 79.5 Å². The van der Waals surface area contributed by atoms with Crippen molar-refractivity contribution in [3.05, 3.63) is 83.9 Å². The molecular formula is C44H62CaO6S2. The van der Waals surface area contributed by atoms with Crippen LogP contribution in [0, 0.1) is 0 Å². The van der Waals surface area contributed by atoms with Crippen LogP contribution >= 0.6 is 0 Å². The molecule has 0 spiro atoms. The molecule has 0 aliphatic rings. The number of hydrogen-bond donors (Lipinski definition) is 0. The van der Waals surface area contributed by atoms with Crippen molar-refractivity contribution in [2.24, 2.45) is 0 Å². The number of rotatable bonds is 24. The van der Waals surface area contributed by atoms with Gasteiger partial charge in [-0.3, -0.25) is 0 Å². The molecule has 0 aromatic heterocycles. The molecule has 0 saturated heterocycles. The maximum absolute atomic E-state index is 11.1. The van der Waals surface area contributed by atoms with E-state index in [9.17, 15) is 25.9 Å². The summed E-state index contributed by atoms with van der Waals surface area (Å²) >= 11 is 0. The van der Waals surface area contributed by atoms with Crippen molar-refractivity contribution in [3.8, 4) is 0 Å². The third-order valence-corrected chi connectivity index (χ3v) is 11.6. The number of fused-ring (bicyclic) bond motifs is 2. The second kappa shape index (κ2) is 26.4. The van der Waals surface area contributed by atoms with Crippen LogP contribution in [-0.2, 0) is 33.1 Å². The normalized spacial score (nSPS) is 11.7. The summed E-state index contributed by atoms with van der Waals surface area (Å²) in [6, 6.07) is 21.3. The summed E-state index contributed by atoms with van der Waals surface area (Å²) in [7, 11) is -8.77. The molecule has 0 aliphatic carbocycles. The fourth-order valence-corrected chi connectivity index (χ4v) is 7.81. The van der Waals surface area contributed by atoms with Gasteiger partial charge in [-0.2, -0.15) is 0 Å². The molecule has 0 bridgehead atoms. The SMILES string of the molecule is CCCCCCCCCCCCc1ccc2cc(S(=O)(=O)[O-])ccc2c1.CCCCCCCCCCCCc1ccc2cc(S(=O)(=O)[O-])ccc2c1.[Ca+2]. The molecule has 0 saturated carbocycles. The second-order valence-corrected chi connectivity index (χ2v) is 17.2.